The Bertz CT molecular complexity index is 735. The fourth-order valence-corrected chi connectivity index (χ4v) is 5.38. The molecule has 0 saturated carbocycles. The van der Waals surface area contributed by atoms with Crippen molar-refractivity contribution in [2.45, 2.75) is 44.7 Å². The summed E-state index contributed by atoms with van der Waals surface area (Å²) in [6, 6.07) is 4.14. The summed E-state index contributed by atoms with van der Waals surface area (Å²) in [6.45, 7) is 5.05. The van der Waals surface area contributed by atoms with Gasteiger partial charge >= 0.3 is 5.97 Å². The predicted molar refractivity (Wildman–Crippen MR) is 93.7 cm³/mol. The van der Waals surface area contributed by atoms with E-state index in [2.05, 4.69) is 26.1 Å². The smallest absolute Gasteiger partial charge is 0.310 e. The first-order valence-corrected chi connectivity index (χ1v) is 9.33. The Kier molecular flexibility index (Phi) is 3.73. The van der Waals surface area contributed by atoms with Gasteiger partial charge < -0.3 is 10.1 Å². The normalized spacial score (nSPS) is 31.2. The molecule has 6 heteroatoms. The Labute approximate surface area is 149 Å². The summed E-state index contributed by atoms with van der Waals surface area (Å²) in [6.07, 6.45) is 2.46. The van der Waals surface area contributed by atoms with E-state index in [4.69, 9.17) is 4.74 Å². The van der Waals surface area contributed by atoms with Crippen LogP contribution in [0.2, 0.25) is 0 Å². The van der Waals surface area contributed by atoms with Crippen LogP contribution in [0, 0.1) is 12.8 Å². The van der Waals surface area contributed by atoms with Gasteiger partial charge in [-0.3, -0.25) is 14.5 Å². The van der Waals surface area contributed by atoms with Crippen molar-refractivity contribution in [3.63, 3.8) is 0 Å². The lowest BCUT2D eigenvalue weighted by Gasteiger charge is -2.32. The number of nitrogens with zero attached hydrogens (tertiary/aromatic N) is 1. The highest BCUT2D eigenvalue weighted by Gasteiger charge is 2.63. The molecular formula is C18H21BrN2O3. The van der Waals surface area contributed by atoms with Crippen LogP contribution in [0.1, 0.15) is 37.3 Å². The number of ether oxygens (including phenoxy) is 1. The topological polar surface area (TPSA) is 58.6 Å². The zero-order valence-corrected chi connectivity index (χ0v) is 15.5. The van der Waals surface area contributed by atoms with Crippen molar-refractivity contribution in [3.8, 4) is 0 Å². The number of anilines is 1. The van der Waals surface area contributed by atoms with Crippen molar-refractivity contribution in [2.24, 2.45) is 5.92 Å². The molecule has 24 heavy (non-hydrogen) atoms. The van der Waals surface area contributed by atoms with E-state index < -0.39 is 5.54 Å². The maximum atomic E-state index is 13.1. The van der Waals surface area contributed by atoms with E-state index >= 15 is 0 Å². The lowest BCUT2D eigenvalue weighted by molar-refractivity contribution is -0.148. The summed E-state index contributed by atoms with van der Waals surface area (Å²) >= 11 is 3.56. The molecule has 3 atom stereocenters. The number of nitrogens with one attached hydrogen (secondary N) is 1. The van der Waals surface area contributed by atoms with Gasteiger partial charge in [-0.2, -0.15) is 0 Å². The highest BCUT2D eigenvalue weighted by Crippen LogP contribution is 2.55. The minimum absolute atomic E-state index is 0.00241. The van der Waals surface area contributed by atoms with Gasteiger partial charge in [0.05, 0.1) is 12.5 Å². The molecule has 0 unspecified atom stereocenters. The molecule has 1 aromatic carbocycles. The monoisotopic (exact) mass is 392 g/mol. The number of benzene rings is 1. The Morgan fingerprint density at radius 2 is 2.29 bits per heavy atom. The van der Waals surface area contributed by atoms with Gasteiger partial charge in [0, 0.05) is 21.8 Å². The molecule has 2 saturated heterocycles. The van der Waals surface area contributed by atoms with Crippen LogP contribution in [0.5, 0.6) is 0 Å². The van der Waals surface area contributed by atoms with Crippen LogP contribution < -0.4 is 5.32 Å². The molecule has 0 radical (unpaired) electrons. The van der Waals surface area contributed by atoms with E-state index in [9.17, 15) is 9.59 Å². The molecule has 3 aliphatic heterocycles. The quantitative estimate of drug-likeness (QED) is 0.785. The first-order chi connectivity index (χ1) is 11.5. The van der Waals surface area contributed by atoms with Crippen molar-refractivity contribution in [2.75, 3.05) is 18.5 Å². The molecule has 3 heterocycles. The van der Waals surface area contributed by atoms with Gasteiger partial charge in [0.15, 0.2) is 0 Å². The number of halogens is 1. The number of amides is 1. The third-order valence-corrected chi connectivity index (χ3v) is 6.18. The first kappa shape index (κ1) is 16.1. The Balaban J connectivity index is 1.84. The van der Waals surface area contributed by atoms with Crippen molar-refractivity contribution < 1.29 is 14.3 Å². The maximum Gasteiger partial charge on any atom is 0.310 e. The Morgan fingerprint density at radius 1 is 1.50 bits per heavy atom. The fourth-order valence-electron chi connectivity index (χ4n) is 4.81. The van der Waals surface area contributed by atoms with Crippen LogP contribution in [0.15, 0.2) is 16.6 Å². The van der Waals surface area contributed by atoms with Crippen LogP contribution in [0.4, 0.5) is 5.69 Å². The number of esters is 1. The summed E-state index contributed by atoms with van der Waals surface area (Å²) < 4.78 is 6.26. The number of aryl methyl sites for hydroxylation is 1. The van der Waals surface area contributed by atoms with E-state index in [-0.39, 0.29) is 23.8 Å². The van der Waals surface area contributed by atoms with E-state index in [1.807, 2.05) is 26.0 Å². The largest absolute Gasteiger partial charge is 0.466 e. The summed E-state index contributed by atoms with van der Waals surface area (Å²) in [5.41, 5.74) is 2.21. The lowest BCUT2D eigenvalue weighted by atomic mass is 9.84. The Hall–Kier alpha value is -1.40. The minimum atomic E-state index is -0.734. The molecule has 0 aromatic heterocycles. The SMILES string of the molecule is CCOC(=O)[C@@H]1C[C@@]2(C(=O)Nc3c(C)cc(Br)cc32)N2CCC[C@@H]12. The third-order valence-electron chi connectivity index (χ3n) is 5.72. The van der Waals surface area contributed by atoms with Gasteiger partial charge in [0.2, 0.25) is 5.91 Å². The van der Waals surface area contributed by atoms with Gasteiger partial charge in [-0.25, -0.2) is 0 Å². The van der Waals surface area contributed by atoms with E-state index in [1.165, 1.54) is 0 Å². The second kappa shape index (κ2) is 5.56. The van der Waals surface area contributed by atoms with Crippen molar-refractivity contribution >= 4 is 33.5 Å². The summed E-state index contributed by atoms with van der Waals surface area (Å²) in [5, 5.41) is 3.08. The molecule has 2 fully saturated rings. The number of hydrogen-bond donors (Lipinski definition) is 1. The molecule has 0 bridgehead atoms. The van der Waals surface area contributed by atoms with E-state index in [0.29, 0.717) is 13.0 Å². The van der Waals surface area contributed by atoms with E-state index in [0.717, 1.165) is 40.7 Å². The van der Waals surface area contributed by atoms with Crippen LogP contribution in [-0.2, 0) is 19.9 Å². The zero-order chi connectivity index (χ0) is 17.1. The zero-order valence-electron chi connectivity index (χ0n) is 13.9. The maximum absolute atomic E-state index is 13.1. The predicted octanol–water partition coefficient (Wildman–Crippen LogP) is 2.95. The van der Waals surface area contributed by atoms with Gasteiger partial charge in [-0.15, -0.1) is 0 Å². The average molecular weight is 393 g/mol. The number of fused-ring (bicyclic) bond motifs is 4. The molecule has 1 aromatic rings. The number of carbonyl (C=O) groups excluding carboxylic acids is 2. The second-order valence-electron chi connectivity index (χ2n) is 6.93. The van der Waals surface area contributed by atoms with Crippen molar-refractivity contribution in [1.82, 2.24) is 4.90 Å². The standard InChI is InChI=1S/C18H21BrN2O3/c1-3-24-16(22)12-9-18(21-6-4-5-14(12)21)13-8-11(19)7-10(2)15(13)20-17(18)23/h7-8,12,14H,3-6,9H2,1-2H3,(H,20,23)/t12-,14+,18-/m1/s1. The second-order valence-corrected chi connectivity index (χ2v) is 7.84. The summed E-state index contributed by atoms with van der Waals surface area (Å²) in [7, 11) is 0. The number of rotatable bonds is 2. The van der Waals surface area contributed by atoms with Crippen molar-refractivity contribution in [3.05, 3.63) is 27.7 Å². The molecule has 5 nitrogen and oxygen atoms in total. The number of carbonyl (C=O) groups is 2. The van der Waals surface area contributed by atoms with Crippen LogP contribution in [0.25, 0.3) is 0 Å². The molecule has 1 amide bonds. The van der Waals surface area contributed by atoms with E-state index in [1.54, 1.807) is 0 Å². The fraction of sp³-hybridized carbons (Fsp3) is 0.556. The van der Waals surface area contributed by atoms with Gasteiger partial charge in [0.25, 0.3) is 0 Å². The van der Waals surface area contributed by atoms with Crippen LogP contribution in [0.3, 0.4) is 0 Å². The summed E-state index contributed by atoms with van der Waals surface area (Å²) in [5.74, 6) is -0.403. The van der Waals surface area contributed by atoms with Gasteiger partial charge in [0.1, 0.15) is 5.54 Å². The third kappa shape index (κ3) is 2.02. The number of hydrogen-bond acceptors (Lipinski definition) is 4. The van der Waals surface area contributed by atoms with Gasteiger partial charge in [-0.05, 0) is 57.4 Å². The molecular weight excluding hydrogens is 372 g/mol. The average Bonchev–Trinajstić information content (AvgIpc) is 3.17. The molecule has 1 N–H and O–H groups in total. The molecule has 0 aliphatic carbocycles. The van der Waals surface area contributed by atoms with Gasteiger partial charge in [-0.1, -0.05) is 15.9 Å². The molecule has 128 valence electrons. The minimum Gasteiger partial charge on any atom is -0.466 e. The highest BCUT2D eigenvalue weighted by molar-refractivity contribution is 9.10. The van der Waals surface area contributed by atoms with Crippen LogP contribution >= 0.6 is 15.9 Å². The molecule has 1 spiro atoms. The summed E-state index contributed by atoms with van der Waals surface area (Å²) in [4.78, 5) is 27.8. The molecule has 3 aliphatic rings. The highest BCUT2D eigenvalue weighted by atomic mass is 79.9. The van der Waals surface area contributed by atoms with Crippen LogP contribution in [-0.4, -0.2) is 36.0 Å². The lowest BCUT2D eigenvalue weighted by Crippen LogP contribution is -2.47. The van der Waals surface area contributed by atoms with Crippen molar-refractivity contribution in [1.29, 1.82) is 0 Å². The Morgan fingerprint density at radius 3 is 3.04 bits per heavy atom. The first-order valence-electron chi connectivity index (χ1n) is 8.54. The molecule has 4 rings (SSSR count).